The summed E-state index contributed by atoms with van der Waals surface area (Å²) in [4.78, 5) is 25.1. The summed E-state index contributed by atoms with van der Waals surface area (Å²) in [7, 11) is 0. The van der Waals surface area contributed by atoms with Crippen molar-refractivity contribution < 1.29 is 9.59 Å². The molecule has 0 aliphatic heterocycles. The van der Waals surface area contributed by atoms with Gasteiger partial charge in [-0.05, 0) is 75.8 Å². The fourth-order valence-corrected chi connectivity index (χ4v) is 3.62. The summed E-state index contributed by atoms with van der Waals surface area (Å²) in [6.07, 6.45) is 3.01. The van der Waals surface area contributed by atoms with E-state index in [1.165, 1.54) is 11.1 Å². The largest absolute Gasteiger partial charge is 0.326 e. The number of hydrogen-bond acceptors (Lipinski definition) is 2. The maximum Gasteiger partial charge on any atom is 0.227 e. The third-order valence-corrected chi connectivity index (χ3v) is 5.65. The predicted octanol–water partition coefficient (Wildman–Crippen LogP) is 5.00. The molecule has 3 rings (SSSR count). The van der Waals surface area contributed by atoms with Gasteiger partial charge in [0.1, 0.15) is 0 Å². The van der Waals surface area contributed by atoms with Gasteiger partial charge in [0, 0.05) is 23.2 Å². The molecule has 0 saturated heterocycles. The minimum Gasteiger partial charge on any atom is -0.326 e. The third kappa shape index (κ3) is 4.76. The van der Waals surface area contributed by atoms with Crippen LogP contribution in [0.2, 0.25) is 0 Å². The summed E-state index contributed by atoms with van der Waals surface area (Å²) < 4.78 is 0. The van der Waals surface area contributed by atoms with E-state index >= 15 is 0 Å². The lowest BCUT2D eigenvalue weighted by atomic mass is 9.81. The molecule has 4 nitrogen and oxygen atoms in total. The first-order chi connectivity index (χ1) is 12.9. The summed E-state index contributed by atoms with van der Waals surface area (Å²) in [6, 6.07) is 13.8. The average molecular weight is 364 g/mol. The van der Waals surface area contributed by atoms with E-state index in [2.05, 4.69) is 10.6 Å². The van der Waals surface area contributed by atoms with Crippen LogP contribution in [0.3, 0.4) is 0 Å². The number of carbonyl (C=O) groups is 2. The molecule has 2 aromatic carbocycles. The Hall–Kier alpha value is -2.62. The topological polar surface area (TPSA) is 58.2 Å². The molecule has 0 spiro atoms. The van der Waals surface area contributed by atoms with Crippen LogP contribution in [-0.2, 0) is 9.59 Å². The molecule has 4 heteroatoms. The first-order valence-corrected chi connectivity index (χ1v) is 9.68. The van der Waals surface area contributed by atoms with E-state index in [0.29, 0.717) is 0 Å². The summed E-state index contributed by atoms with van der Waals surface area (Å²) in [5, 5.41) is 6.07. The smallest absolute Gasteiger partial charge is 0.227 e. The Bertz CT molecular complexity index is 819. The van der Waals surface area contributed by atoms with Crippen molar-refractivity contribution in [3.05, 3.63) is 59.2 Å². The summed E-state index contributed by atoms with van der Waals surface area (Å²) >= 11 is 0. The highest BCUT2D eigenvalue weighted by Gasteiger charge is 2.30. The lowest BCUT2D eigenvalue weighted by Crippen LogP contribution is -2.32. The quantitative estimate of drug-likeness (QED) is 0.802. The minimum atomic E-state index is -0.0201. The van der Waals surface area contributed by atoms with Crippen molar-refractivity contribution in [3.8, 4) is 0 Å². The van der Waals surface area contributed by atoms with Crippen molar-refractivity contribution in [2.24, 2.45) is 11.8 Å². The van der Waals surface area contributed by atoms with E-state index in [1.54, 1.807) is 0 Å². The molecule has 0 atom stereocenters. The molecule has 2 N–H and O–H groups in total. The van der Waals surface area contributed by atoms with Gasteiger partial charge in [0.2, 0.25) is 11.8 Å². The van der Waals surface area contributed by atoms with Crippen LogP contribution in [0.5, 0.6) is 0 Å². The normalized spacial score (nSPS) is 19.4. The van der Waals surface area contributed by atoms with Crippen LogP contribution < -0.4 is 10.6 Å². The van der Waals surface area contributed by atoms with E-state index in [9.17, 15) is 9.59 Å². The average Bonchev–Trinajstić information content (AvgIpc) is 2.67. The highest BCUT2D eigenvalue weighted by molar-refractivity contribution is 5.95. The van der Waals surface area contributed by atoms with E-state index in [4.69, 9.17) is 0 Å². The number of carbonyl (C=O) groups excluding carboxylic acids is 2. The monoisotopic (exact) mass is 364 g/mol. The second-order valence-electron chi connectivity index (χ2n) is 7.64. The van der Waals surface area contributed by atoms with Gasteiger partial charge < -0.3 is 10.6 Å². The van der Waals surface area contributed by atoms with Crippen LogP contribution in [0.15, 0.2) is 42.5 Å². The number of aryl methyl sites for hydroxylation is 2. The highest BCUT2D eigenvalue weighted by Crippen LogP contribution is 2.31. The van der Waals surface area contributed by atoms with Crippen molar-refractivity contribution in [2.45, 2.75) is 46.5 Å². The van der Waals surface area contributed by atoms with Gasteiger partial charge in [-0.25, -0.2) is 0 Å². The molecule has 1 fully saturated rings. The second-order valence-corrected chi connectivity index (χ2v) is 7.64. The van der Waals surface area contributed by atoms with Gasteiger partial charge in [0.25, 0.3) is 0 Å². The first-order valence-electron chi connectivity index (χ1n) is 9.68. The summed E-state index contributed by atoms with van der Waals surface area (Å²) in [5.74, 6) is 0.0951. The zero-order chi connectivity index (χ0) is 19.4. The molecule has 1 aliphatic rings. The van der Waals surface area contributed by atoms with Crippen molar-refractivity contribution in [2.75, 3.05) is 10.6 Å². The highest BCUT2D eigenvalue weighted by atomic mass is 16.2. The maximum absolute atomic E-state index is 12.6. The predicted molar refractivity (Wildman–Crippen MR) is 110 cm³/mol. The lowest BCUT2D eigenvalue weighted by Gasteiger charge is -2.27. The van der Waals surface area contributed by atoms with Gasteiger partial charge in [-0.2, -0.15) is 0 Å². The molecular formula is C23H28N2O2. The van der Waals surface area contributed by atoms with Crippen LogP contribution >= 0.6 is 0 Å². The van der Waals surface area contributed by atoms with Gasteiger partial charge in [-0.15, -0.1) is 0 Å². The van der Waals surface area contributed by atoms with Crippen molar-refractivity contribution in [1.29, 1.82) is 0 Å². The molecule has 0 aromatic heterocycles. The van der Waals surface area contributed by atoms with Crippen LogP contribution in [0, 0.1) is 32.6 Å². The van der Waals surface area contributed by atoms with Gasteiger partial charge in [0.15, 0.2) is 0 Å². The number of hydrogen-bond donors (Lipinski definition) is 2. The third-order valence-electron chi connectivity index (χ3n) is 5.65. The van der Waals surface area contributed by atoms with E-state index < -0.39 is 0 Å². The molecule has 1 saturated carbocycles. The van der Waals surface area contributed by atoms with Crippen molar-refractivity contribution in [3.63, 3.8) is 0 Å². The van der Waals surface area contributed by atoms with Crippen LogP contribution in [0.4, 0.5) is 11.4 Å². The maximum atomic E-state index is 12.6. The van der Waals surface area contributed by atoms with E-state index in [1.807, 2.05) is 63.2 Å². The standard InChI is InChI=1S/C23H28N2O2/c1-15-7-13-20(14-8-15)24-22(26)18-9-11-19(12-10-18)23(27)25-21-6-4-5-16(2)17(21)3/h4-8,13-14,18-19H,9-12H2,1-3H3,(H,24,26)(H,25,27). The molecule has 142 valence electrons. The SMILES string of the molecule is Cc1ccc(NC(=O)C2CCC(C(=O)Nc3cccc(C)c3C)CC2)cc1. The van der Waals surface area contributed by atoms with Crippen molar-refractivity contribution in [1.82, 2.24) is 0 Å². The Morgan fingerprint density at radius 2 is 1.33 bits per heavy atom. The van der Waals surface area contributed by atoms with Crippen molar-refractivity contribution >= 4 is 23.2 Å². The van der Waals surface area contributed by atoms with Gasteiger partial charge in [-0.3, -0.25) is 9.59 Å². The molecule has 0 bridgehead atoms. The molecule has 2 aromatic rings. The molecule has 2 amide bonds. The number of rotatable bonds is 4. The second kappa shape index (κ2) is 8.38. The summed E-state index contributed by atoms with van der Waals surface area (Å²) in [6.45, 7) is 6.09. The molecule has 0 radical (unpaired) electrons. The molecule has 0 unspecified atom stereocenters. The Morgan fingerprint density at radius 1 is 0.778 bits per heavy atom. The van der Waals surface area contributed by atoms with Gasteiger partial charge in [0.05, 0.1) is 0 Å². The Morgan fingerprint density at radius 3 is 1.93 bits per heavy atom. The number of amides is 2. The van der Waals surface area contributed by atoms with E-state index in [-0.39, 0.29) is 23.7 Å². The lowest BCUT2D eigenvalue weighted by molar-refractivity contribution is -0.125. The molecule has 1 aliphatic carbocycles. The Labute approximate surface area is 161 Å². The first kappa shape index (κ1) is 19.2. The Balaban J connectivity index is 1.52. The van der Waals surface area contributed by atoms with Gasteiger partial charge >= 0.3 is 0 Å². The Kier molecular flexibility index (Phi) is 5.94. The zero-order valence-electron chi connectivity index (χ0n) is 16.3. The molecule has 0 heterocycles. The summed E-state index contributed by atoms with van der Waals surface area (Å²) in [5.41, 5.74) is 5.17. The number of nitrogens with one attached hydrogen (secondary N) is 2. The molecule has 27 heavy (non-hydrogen) atoms. The minimum absolute atomic E-state index is 0.0175. The van der Waals surface area contributed by atoms with Crippen LogP contribution in [0.25, 0.3) is 0 Å². The number of anilines is 2. The van der Waals surface area contributed by atoms with E-state index in [0.717, 1.165) is 42.6 Å². The zero-order valence-corrected chi connectivity index (χ0v) is 16.3. The van der Waals surface area contributed by atoms with Crippen LogP contribution in [0.1, 0.15) is 42.4 Å². The fourth-order valence-electron chi connectivity index (χ4n) is 3.62. The van der Waals surface area contributed by atoms with Crippen LogP contribution in [-0.4, -0.2) is 11.8 Å². The number of benzene rings is 2. The van der Waals surface area contributed by atoms with Gasteiger partial charge in [-0.1, -0.05) is 29.8 Å². The molecular weight excluding hydrogens is 336 g/mol. The fraction of sp³-hybridized carbons (Fsp3) is 0.391.